The molecule has 0 saturated heterocycles. The zero-order valence-electron chi connectivity index (χ0n) is 7.76. The van der Waals surface area contributed by atoms with Crippen molar-refractivity contribution in [2.24, 2.45) is 0 Å². The summed E-state index contributed by atoms with van der Waals surface area (Å²) in [5.74, 6) is 1.63. The average molecular weight is 263 g/mol. The third-order valence-corrected chi connectivity index (χ3v) is 3.04. The maximum atomic E-state index is 5.21. The van der Waals surface area contributed by atoms with E-state index in [9.17, 15) is 0 Å². The molecule has 4 heteroatoms. The molecule has 0 N–H and O–H groups in total. The first kappa shape index (κ1) is 10.7. The van der Waals surface area contributed by atoms with Crippen molar-refractivity contribution in [2.75, 3.05) is 20.5 Å². The van der Waals surface area contributed by atoms with E-state index in [1.165, 1.54) is 0 Å². The highest BCUT2D eigenvalue weighted by molar-refractivity contribution is 9.10. The molecule has 1 aromatic rings. The number of hydrogen-bond donors (Lipinski definition) is 0. The second-order valence-electron chi connectivity index (χ2n) is 2.34. The Morgan fingerprint density at radius 2 is 1.77 bits per heavy atom. The molecule has 0 aliphatic heterocycles. The van der Waals surface area contributed by atoms with Gasteiger partial charge < -0.3 is 9.47 Å². The van der Waals surface area contributed by atoms with Crippen LogP contribution in [0.4, 0.5) is 0 Å². The van der Waals surface area contributed by atoms with Gasteiger partial charge in [-0.2, -0.15) is 0 Å². The fourth-order valence-electron chi connectivity index (χ4n) is 0.992. The number of benzene rings is 1. The maximum absolute atomic E-state index is 5.21. The van der Waals surface area contributed by atoms with Crippen LogP contribution in [-0.2, 0) is 0 Å². The number of thioether (sulfide) groups is 1. The van der Waals surface area contributed by atoms with Gasteiger partial charge in [0.25, 0.3) is 0 Å². The molecule has 0 radical (unpaired) electrons. The summed E-state index contributed by atoms with van der Waals surface area (Å²) in [6, 6.07) is 3.86. The first-order chi connectivity index (χ1) is 6.22. The van der Waals surface area contributed by atoms with Crippen LogP contribution < -0.4 is 9.47 Å². The van der Waals surface area contributed by atoms with Gasteiger partial charge in [-0.05, 0) is 28.3 Å². The summed E-state index contributed by atoms with van der Waals surface area (Å²) >= 11 is 5.06. The van der Waals surface area contributed by atoms with Crippen molar-refractivity contribution in [2.45, 2.75) is 4.90 Å². The Bertz CT molecular complexity index is 302. The standard InChI is InChI=1S/C9H11BrO2S/c1-11-7-5-8(12-2)9(13-3)4-6(7)10/h4-5H,1-3H3. The highest BCUT2D eigenvalue weighted by atomic mass is 79.9. The summed E-state index contributed by atoms with van der Waals surface area (Å²) < 4.78 is 11.3. The topological polar surface area (TPSA) is 18.5 Å². The first-order valence-electron chi connectivity index (χ1n) is 3.68. The molecule has 1 rings (SSSR count). The monoisotopic (exact) mass is 262 g/mol. The quantitative estimate of drug-likeness (QED) is 0.780. The van der Waals surface area contributed by atoms with E-state index in [1.54, 1.807) is 26.0 Å². The van der Waals surface area contributed by atoms with E-state index in [4.69, 9.17) is 9.47 Å². The number of methoxy groups -OCH3 is 2. The Morgan fingerprint density at radius 1 is 1.15 bits per heavy atom. The molecule has 0 fully saturated rings. The zero-order valence-corrected chi connectivity index (χ0v) is 10.2. The number of ether oxygens (including phenoxy) is 2. The van der Waals surface area contributed by atoms with Crippen LogP contribution in [0.1, 0.15) is 0 Å². The van der Waals surface area contributed by atoms with Crippen LogP contribution in [-0.4, -0.2) is 20.5 Å². The van der Waals surface area contributed by atoms with Gasteiger partial charge in [0.1, 0.15) is 11.5 Å². The van der Waals surface area contributed by atoms with Crippen molar-refractivity contribution in [1.82, 2.24) is 0 Å². The minimum absolute atomic E-state index is 0.787. The molecule has 0 aromatic heterocycles. The third kappa shape index (κ3) is 2.31. The van der Waals surface area contributed by atoms with Gasteiger partial charge in [-0.25, -0.2) is 0 Å². The lowest BCUT2D eigenvalue weighted by molar-refractivity contribution is 0.386. The lowest BCUT2D eigenvalue weighted by Crippen LogP contribution is -1.90. The van der Waals surface area contributed by atoms with E-state index >= 15 is 0 Å². The summed E-state index contributed by atoms with van der Waals surface area (Å²) in [6.45, 7) is 0. The Kier molecular flexibility index (Phi) is 3.93. The second-order valence-corrected chi connectivity index (χ2v) is 4.04. The molecule has 0 heterocycles. The smallest absolute Gasteiger partial charge is 0.136 e. The molecule has 1 aromatic carbocycles. The molecule has 0 unspecified atom stereocenters. The number of hydrogen-bond acceptors (Lipinski definition) is 3. The summed E-state index contributed by atoms with van der Waals surface area (Å²) in [6.07, 6.45) is 2.01. The lowest BCUT2D eigenvalue weighted by Gasteiger charge is -2.09. The molecule has 0 bridgehead atoms. The van der Waals surface area contributed by atoms with Gasteiger partial charge in [-0.15, -0.1) is 11.8 Å². The van der Waals surface area contributed by atoms with Gasteiger partial charge in [0, 0.05) is 6.07 Å². The predicted molar refractivity (Wildman–Crippen MR) is 59.0 cm³/mol. The van der Waals surface area contributed by atoms with Crippen LogP contribution in [0, 0.1) is 0 Å². The Labute approximate surface area is 90.7 Å². The molecule has 0 aliphatic carbocycles. The summed E-state index contributed by atoms with van der Waals surface area (Å²) in [4.78, 5) is 1.09. The Morgan fingerprint density at radius 3 is 2.23 bits per heavy atom. The lowest BCUT2D eigenvalue weighted by atomic mass is 10.3. The third-order valence-electron chi connectivity index (χ3n) is 1.66. The first-order valence-corrected chi connectivity index (χ1v) is 5.70. The van der Waals surface area contributed by atoms with E-state index in [2.05, 4.69) is 15.9 Å². The SMILES string of the molecule is COc1cc(OC)c(SC)cc1Br. The van der Waals surface area contributed by atoms with Crippen molar-refractivity contribution in [3.63, 3.8) is 0 Å². The van der Waals surface area contributed by atoms with Crippen LogP contribution >= 0.6 is 27.7 Å². The van der Waals surface area contributed by atoms with Crippen LogP contribution in [0.2, 0.25) is 0 Å². The van der Waals surface area contributed by atoms with Gasteiger partial charge in [0.15, 0.2) is 0 Å². The predicted octanol–water partition coefficient (Wildman–Crippen LogP) is 3.19. The minimum atomic E-state index is 0.787. The molecule has 0 aliphatic rings. The highest BCUT2D eigenvalue weighted by Gasteiger charge is 2.07. The molecular formula is C9H11BrO2S. The van der Waals surface area contributed by atoms with Gasteiger partial charge in [0.2, 0.25) is 0 Å². The minimum Gasteiger partial charge on any atom is -0.495 e. The zero-order chi connectivity index (χ0) is 9.84. The van der Waals surface area contributed by atoms with Crippen LogP contribution in [0.5, 0.6) is 11.5 Å². The second kappa shape index (κ2) is 4.77. The van der Waals surface area contributed by atoms with Crippen LogP contribution in [0.25, 0.3) is 0 Å². The summed E-state index contributed by atoms with van der Waals surface area (Å²) in [7, 11) is 3.29. The summed E-state index contributed by atoms with van der Waals surface area (Å²) in [5, 5.41) is 0. The molecule has 0 spiro atoms. The van der Waals surface area contributed by atoms with Crippen molar-refractivity contribution >= 4 is 27.7 Å². The molecule has 0 amide bonds. The fraction of sp³-hybridized carbons (Fsp3) is 0.333. The molecule has 0 atom stereocenters. The van der Waals surface area contributed by atoms with E-state index in [0.717, 1.165) is 20.9 Å². The van der Waals surface area contributed by atoms with E-state index in [-0.39, 0.29) is 0 Å². The van der Waals surface area contributed by atoms with Gasteiger partial charge >= 0.3 is 0 Å². The van der Waals surface area contributed by atoms with Gasteiger partial charge in [-0.1, -0.05) is 0 Å². The van der Waals surface area contributed by atoms with Gasteiger partial charge in [-0.3, -0.25) is 0 Å². The van der Waals surface area contributed by atoms with Gasteiger partial charge in [0.05, 0.1) is 23.6 Å². The molecule has 2 nitrogen and oxygen atoms in total. The Hall–Kier alpha value is -0.350. The number of halogens is 1. The van der Waals surface area contributed by atoms with Crippen molar-refractivity contribution in [3.05, 3.63) is 16.6 Å². The van der Waals surface area contributed by atoms with Crippen LogP contribution in [0.15, 0.2) is 21.5 Å². The van der Waals surface area contributed by atoms with E-state index in [0.29, 0.717) is 0 Å². The molecule has 13 heavy (non-hydrogen) atoms. The average Bonchev–Trinajstić information content (AvgIpc) is 2.17. The van der Waals surface area contributed by atoms with Crippen molar-refractivity contribution in [3.8, 4) is 11.5 Å². The number of rotatable bonds is 3. The molecule has 72 valence electrons. The van der Waals surface area contributed by atoms with Crippen LogP contribution in [0.3, 0.4) is 0 Å². The molecule has 0 saturated carbocycles. The Balaban J connectivity index is 3.18. The largest absolute Gasteiger partial charge is 0.495 e. The molecular weight excluding hydrogens is 252 g/mol. The maximum Gasteiger partial charge on any atom is 0.136 e. The summed E-state index contributed by atoms with van der Waals surface area (Å²) in [5.41, 5.74) is 0. The van der Waals surface area contributed by atoms with Crippen molar-refractivity contribution in [1.29, 1.82) is 0 Å². The van der Waals surface area contributed by atoms with Crippen molar-refractivity contribution < 1.29 is 9.47 Å². The highest BCUT2D eigenvalue weighted by Crippen LogP contribution is 2.36. The normalized spacial score (nSPS) is 9.85. The van der Waals surface area contributed by atoms with E-state index in [1.807, 2.05) is 18.4 Å². The fourth-order valence-corrected chi connectivity index (χ4v) is 2.23. The van der Waals surface area contributed by atoms with E-state index < -0.39 is 0 Å².